The SMILES string of the molecule is O=C(O)c1cc(F)c2nc(N3C[C@H]4C[C@H](OCc5c(-c6ccccc6OC(F)F)noc5C5CC5)CC[C@H]4C3)sc2c1. The van der Waals surface area contributed by atoms with Gasteiger partial charge >= 0.3 is 12.6 Å². The number of carboxylic acid groups (broad SMARTS) is 1. The number of para-hydroxylation sites is 1. The van der Waals surface area contributed by atoms with Crippen molar-refractivity contribution >= 4 is 32.7 Å². The topological polar surface area (TPSA) is 97.9 Å². The number of hydrogen-bond acceptors (Lipinski definition) is 8. The summed E-state index contributed by atoms with van der Waals surface area (Å²) in [4.78, 5) is 18.0. The number of aromatic nitrogens is 2. The second-order valence-electron chi connectivity index (χ2n) is 11.3. The summed E-state index contributed by atoms with van der Waals surface area (Å²) in [6.45, 7) is -1.11. The van der Waals surface area contributed by atoms with Gasteiger partial charge in [-0.05, 0) is 68.2 Å². The number of benzene rings is 2. The minimum absolute atomic E-state index is 0.0134. The lowest BCUT2D eigenvalue weighted by atomic mass is 9.80. The van der Waals surface area contributed by atoms with Gasteiger partial charge in [-0.15, -0.1) is 0 Å². The largest absolute Gasteiger partial charge is 0.478 e. The van der Waals surface area contributed by atoms with Crippen LogP contribution in [0.5, 0.6) is 5.75 Å². The minimum atomic E-state index is -2.95. The van der Waals surface area contributed by atoms with E-state index >= 15 is 0 Å². The highest BCUT2D eigenvalue weighted by Crippen LogP contribution is 2.46. The van der Waals surface area contributed by atoms with Crippen molar-refractivity contribution in [3.8, 4) is 17.0 Å². The Hall–Kier alpha value is -3.64. The lowest BCUT2D eigenvalue weighted by molar-refractivity contribution is -0.0494. The highest BCUT2D eigenvalue weighted by Gasteiger charge is 2.40. The molecule has 2 aromatic heterocycles. The van der Waals surface area contributed by atoms with Gasteiger partial charge in [0, 0.05) is 30.1 Å². The molecular formula is C30H28F3N3O5S. The number of halogens is 3. The Morgan fingerprint density at radius 2 is 1.95 bits per heavy atom. The van der Waals surface area contributed by atoms with Gasteiger partial charge in [0.25, 0.3) is 0 Å². The molecule has 0 amide bonds. The predicted octanol–water partition coefficient (Wildman–Crippen LogP) is 7.09. The van der Waals surface area contributed by atoms with Crippen LogP contribution in [0.2, 0.25) is 0 Å². The molecule has 12 heteroatoms. The Bertz CT molecular complexity index is 1640. The van der Waals surface area contributed by atoms with Crippen LogP contribution in [0, 0.1) is 17.7 Å². The molecule has 2 aliphatic carbocycles. The quantitative estimate of drug-likeness (QED) is 0.218. The van der Waals surface area contributed by atoms with Crippen molar-refractivity contribution in [2.75, 3.05) is 18.0 Å². The van der Waals surface area contributed by atoms with E-state index in [-0.39, 0.29) is 35.5 Å². The monoisotopic (exact) mass is 599 g/mol. The molecule has 0 unspecified atom stereocenters. The summed E-state index contributed by atoms with van der Waals surface area (Å²) < 4.78 is 58.1. The molecule has 1 N–H and O–H groups in total. The summed E-state index contributed by atoms with van der Waals surface area (Å²) in [6, 6.07) is 9.07. The first-order valence-corrected chi connectivity index (χ1v) is 14.9. The van der Waals surface area contributed by atoms with E-state index in [4.69, 9.17) is 14.0 Å². The van der Waals surface area contributed by atoms with Gasteiger partial charge in [0.05, 0.1) is 23.0 Å². The zero-order valence-corrected chi connectivity index (χ0v) is 23.3. The molecule has 2 aromatic carbocycles. The molecule has 1 aliphatic heterocycles. The summed E-state index contributed by atoms with van der Waals surface area (Å²) in [5.41, 5.74) is 1.83. The molecule has 42 heavy (non-hydrogen) atoms. The highest BCUT2D eigenvalue weighted by molar-refractivity contribution is 7.22. The van der Waals surface area contributed by atoms with Crippen molar-refractivity contribution in [1.82, 2.24) is 10.1 Å². The van der Waals surface area contributed by atoms with Gasteiger partial charge in [-0.3, -0.25) is 0 Å². The predicted molar refractivity (Wildman–Crippen MR) is 149 cm³/mol. The second kappa shape index (κ2) is 10.9. The van der Waals surface area contributed by atoms with Crippen LogP contribution < -0.4 is 9.64 Å². The van der Waals surface area contributed by atoms with Gasteiger partial charge in [0.1, 0.15) is 22.7 Å². The van der Waals surface area contributed by atoms with Crippen molar-refractivity contribution in [1.29, 1.82) is 0 Å². The molecule has 3 heterocycles. The summed E-state index contributed by atoms with van der Waals surface area (Å²) in [7, 11) is 0. The van der Waals surface area contributed by atoms with Gasteiger partial charge in [-0.1, -0.05) is 28.6 Å². The normalized spacial score (nSPS) is 22.2. The van der Waals surface area contributed by atoms with Crippen LogP contribution >= 0.6 is 11.3 Å². The van der Waals surface area contributed by atoms with Crippen LogP contribution in [-0.2, 0) is 11.3 Å². The van der Waals surface area contributed by atoms with Crippen LogP contribution in [-0.4, -0.2) is 47.0 Å². The van der Waals surface area contributed by atoms with E-state index in [1.165, 1.54) is 23.5 Å². The van der Waals surface area contributed by atoms with Gasteiger partial charge in [0.2, 0.25) is 0 Å². The van der Waals surface area contributed by atoms with Crippen LogP contribution in [0.1, 0.15) is 59.7 Å². The molecule has 2 saturated carbocycles. The standard InChI is InChI=1S/C30H28F3N3O5S/c31-22-10-17(28(37)38)11-24-26(22)34-30(42-24)36-12-16-7-8-19(9-18(16)13-36)39-14-21-25(35-41-27(21)15-5-6-15)20-3-1-2-4-23(20)40-29(32)33/h1-4,10-11,15-16,18-19,29H,5-9,12-14H2,(H,37,38)/t16-,18+,19+/m0/s1. The van der Waals surface area contributed by atoms with Crippen LogP contribution in [0.3, 0.4) is 0 Å². The lowest BCUT2D eigenvalue weighted by Crippen LogP contribution is -2.28. The summed E-state index contributed by atoms with van der Waals surface area (Å²) in [6.07, 6.45) is 4.72. The molecule has 0 radical (unpaired) electrons. The molecule has 7 rings (SSSR count). The molecule has 1 saturated heterocycles. The third-order valence-electron chi connectivity index (χ3n) is 8.54. The van der Waals surface area contributed by atoms with Gasteiger partial charge in [-0.25, -0.2) is 14.2 Å². The van der Waals surface area contributed by atoms with E-state index in [2.05, 4.69) is 15.0 Å². The van der Waals surface area contributed by atoms with Crippen molar-refractivity contribution in [3.05, 3.63) is 59.1 Å². The molecule has 3 fully saturated rings. The Morgan fingerprint density at radius 1 is 1.14 bits per heavy atom. The van der Waals surface area contributed by atoms with E-state index < -0.39 is 18.4 Å². The maximum atomic E-state index is 14.5. The van der Waals surface area contributed by atoms with E-state index in [0.717, 1.165) is 62.6 Å². The molecule has 3 aliphatic rings. The number of alkyl halides is 2. The first-order valence-electron chi connectivity index (χ1n) is 14.1. The number of carboxylic acids is 1. The van der Waals surface area contributed by atoms with Crippen LogP contribution in [0.15, 0.2) is 40.9 Å². The number of anilines is 1. The lowest BCUT2D eigenvalue weighted by Gasteiger charge is -2.30. The molecule has 3 atom stereocenters. The summed E-state index contributed by atoms with van der Waals surface area (Å²) in [5.74, 6) is 0.105. The summed E-state index contributed by atoms with van der Waals surface area (Å²) >= 11 is 1.32. The van der Waals surface area contributed by atoms with E-state index in [0.29, 0.717) is 32.9 Å². The Balaban J connectivity index is 1.05. The van der Waals surface area contributed by atoms with E-state index in [1.54, 1.807) is 18.2 Å². The number of nitrogens with zero attached hydrogens (tertiary/aromatic N) is 3. The molecule has 0 spiro atoms. The zero-order chi connectivity index (χ0) is 29.0. The van der Waals surface area contributed by atoms with Gasteiger partial charge < -0.3 is 24.0 Å². The Morgan fingerprint density at radius 3 is 2.74 bits per heavy atom. The van der Waals surface area contributed by atoms with Crippen molar-refractivity contribution in [2.45, 2.75) is 57.3 Å². The molecule has 8 nitrogen and oxygen atoms in total. The van der Waals surface area contributed by atoms with Gasteiger partial charge in [-0.2, -0.15) is 8.78 Å². The van der Waals surface area contributed by atoms with Crippen LogP contribution in [0.4, 0.5) is 18.3 Å². The number of ether oxygens (including phenoxy) is 2. The molecule has 4 aromatic rings. The average Bonchev–Trinajstić information content (AvgIpc) is 3.37. The first kappa shape index (κ1) is 27.2. The highest BCUT2D eigenvalue weighted by atomic mass is 32.1. The maximum Gasteiger partial charge on any atom is 0.387 e. The fourth-order valence-corrected chi connectivity index (χ4v) is 7.37. The third kappa shape index (κ3) is 5.22. The third-order valence-corrected chi connectivity index (χ3v) is 9.61. The zero-order valence-electron chi connectivity index (χ0n) is 22.5. The average molecular weight is 600 g/mol. The van der Waals surface area contributed by atoms with Crippen molar-refractivity contribution in [2.24, 2.45) is 11.8 Å². The number of carbonyl (C=O) groups is 1. The maximum absolute atomic E-state index is 14.5. The number of fused-ring (bicyclic) bond motifs is 2. The number of rotatable bonds is 9. The number of hydrogen-bond donors (Lipinski definition) is 1. The second-order valence-corrected chi connectivity index (χ2v) is 12.3. The van der Waals surface area contributed by atoms with Crippen molar-refractivity contribution < 1.29 is 37.1 Å². The minimum Gasteiger partial charge on any atom is -0.478 e. The van der Waals surface area contributed by atoms with E-state index in [1.807, 2.05) is 0 Å². The fourth-order valence-electron chi connectivity index (χ4n) is 6.33. The van der Waals surface area contributed by atoms with Crippen LogP contribution in [0.25, 0.3) is 21.5 Å². The fraction of sp³-hybridized carbons (Fsp3) is 0.433. The Kier molecular flexibility index (Phi) is 7.05. The Labute approximate surface area is 243 Å². The first-order chi connectivity index (χ1) is 20.3. The molecule has 0 bridgehead atoms. The van der Waals surface area contributed by atoms with Crippen molar-refractivity contribution in [3.63, 3.8) is 0 Å². The number of aromatic carboxylic acids is 1. The smallest absolute Gasteiger partial charge is 0.387 e. The van der Waals surface area contributed by atoms with Gasteiger partial charge in [0.15, 0.2) is 10.9 Å². The summed E-state index contributed by atoms with van der Waals surface area (Å²) in [5, 5.41) is 14.2. The molecular weight excluding hydrogens is 571 g/mol. The number of thiazole rings is 1. The molecule has 220 valence electrons. The van der Waals surface area contributed by atoms with E-state index in [9.17, 15) is 23.1 Å².